The molecule has 1 atom stereocenters. The fraction of sp³-hybridized carbons (Fsp3) is 0.136. The van der Waals surface area contributed by atoms with Gasteiger partial charge in [0.1, 0.15) is 0 Å². The first kappa shape index (κ1) is 19.6. The van der Waals surface area contributed by atoms with Crippen LogP contribution in [0.25, 0.3) is 0 Å². The van der Waals surface area contributed by atoms with Crippen LogP contribution in [0.15, 0.2) is 72.8 Å². The number of carbonyl (C=O) groups excluding carboxylic acids is 1. The lowest BCUT2D eigenvalue weighted by Crippen LogP contribution is -2.40. The van der Waals surface area contributed by atoms with E-state index in [9.17, 15) is 18.0 Å². The van der Waals surface area contributed by atoms with Gasteiger partial charge in [-0.25, -0.2) is 13.2 Å². The molecule has 2 N–H and O–H groups in total. The minimum absolute atomic E-state index is 0.280. The van der Waals surface area contributed by atoms with Crippen molar-refractivity contribution < 1.29 is 18.0 Å². The first-order chi connectivity index (χ1) is 13.5. The third kappa shape index (κ3) is 4.40. The van der Waals surface area contributed by atoms with Crippen LogP contribution < -0.4 is 10.6 Å². The molecule has 0 spiro atoms. The molecule has 0 unspecified atom stereocenters. The third-order valence-electron chi connectivity index (χ3n) is 4.37. The molecule has 0 heterocycles. The molecule has 0 aliphatic rings. The number of hydrogen-bond acceptors (Lipinski definition) is 2. The monoisotopic (exact) mass is 384 g/mol. The molecule has 1 amide bonds. The molecule has 3 rings (SSSR count). The summed E-state index contributed by atoms with van der Waals surface area (Å²) in [6.45, 7) is 1.62. The minimum atomic E-state index is -1.62. The fourth-order valence-corrected chi connectivity index (χ4v) is 2.86. The van der Waals surface area contributed by atoms with Crippen LogP contribution in [0.2, 0.25) is 0 Å². The predicted molar refractivity (Wildman–Crippen MR) is 102 cm³/mol. The Morgan fingerprint density at radius 2 is 1.32 bits per heavy atom. The Hall–Kier alpha value is -3.12. The minimum Gasteiger partial charge on any atom is -0.322 e. The second-order valence-electron chi connectivity index (χ2n) is 6.35. The van der Waals surface area contributed by atoms with E-state index in [1.54, 1.807) is 6.92 Å². The number of carbonyl (C=O) groups is 1. The molecule has 144 valence electrons. The maximum absolute atomic E-state index is 13.8. The summed E-state index contributed by atoms with van der Waals surface area (Å²) in [5.41, 5.74) is 1.49. The van der Waals surface area contributed by atoms with Gasteiger partial charge in [-0.15, -0.1) is 0 Å². The molecule has 0 saturated carbocycles. The molecule has 0 bridgehead atoms. The van der Waals surface area contributed by atoms with Crippen LogP contribution in [-0.2, 0) is 4.79 Å². The van der Waals surface area contributed by atoms with Gasteiger partial charge in [0.15, 0.2) is 17.5 Å². The number of rotatable bonds is 6. The zero-order chi connectivity index (χ0) is 20.1. The maximum atomic E-state index is 13.8. The normalized spacial score (nSPS) is 12.0. The standard InChI is InChI=1S/C22H19F3N2O/c1-14(22(28)27-18-13-12-17(23)19(24)20(18)25)26-21(15-8-4-2-5-9-15)16-10-6-3-7-11-16/h2-14,21,26H,1H3,(H,27,28)/t14-/m0/s1. The van der Waals surface area contributed by atoms with Crippen LogP contribution >= 0.6 is 0 Å². The Morgan fingerprint density at radius 3 is 1.86 bits per heavy atom. The largest absolute Gasteiger partial charge is 0.322 e. The molecular weight excluding hydrogens is 365 g/mol. The molecule has 0 saturated heterocycles. The lowest BCUT2D eigenvalue weighted by atomic mass is 9.98. The van der Waals surface area contributed by atoms with Gasteiger partial charge in [0.05, 0.1) is 17.8 Å². The molecule has 28 heavy (non-hydrogen) atoms. The second kappa shape index (κ2) is 8.71. The van der Waals surface area contributed by atoms with Crippen molar-refractivity contribution in [2.45, 2.75) is 19.0 Å². The topological polar surface area (TPSA) is 41.1 Å². The number of nitrogens with one attached hydrogen (secondary N) is 2. The van der Waals surface area contributed by atoms with Crippen molar-refractivity contribution in [1.29, 1.82) is 0 Å². The van der Waals surface area contributed by atoms with E-state index in [1.165, 1.54) is 0 Å². The van der Waals surface area contributed by atoms with E-state index in [0.29, 0.717) is 0 Å². The van der Waals surface area contributed by atoms with Crippen molar-refractivity contribution in [3.05, 3.63) is 101 Å². The molecule has 3 nitrogen and oxygen atoms in total. The van der Waals surface area contributed by atoms with Crippen LogP contribution in [0, 0.1) is 17.5 Å². The number of anilines is 1. The average Bonchev–Trinajstić information content (AvgIpc) is 2.73. The van der Waals surface area contributed by atoms with Crippen molar-refractivity contribution in [2.24, 2.45) is 0 Å². The van der Waals surface area contributed by atoms with Crippen molar-refractivity contribution in [3.8, 4) is 0 Å². The first-order valence-corrected chi connectivity index (χ1v) is 8.77. The zero-order valence-corrected chi connectivity index (χ0v) is 15.1. The highest BCUT2D eigenvalue weighted by atomic mass is 19.2. The quantitative estimate of drug-likeness (QED) is 0.599. The molecule has 3 aromatic rings. The molecule has 0 aromatic heterocycles. The van der Waals surface area contributed by atoms with Gasteiger partial charge in [-0.3, -0.25) is 10.1 Å². The second-order valence-corrected chi connectivity index (χ2v) is 6.35. The third-order valence-corrected chi connectivity index (χ3v) is 4.37. The van der Waals surface area contributed by atoms with Gasteiger partial charge in [0.25, 0.3) is 0 Å². The summed E-state index contributed by atoms with van der Waals surface area (Å²) in [6.07, 6.45) is 0. The maximum Gasteiger partial charge on any atom is 0.241 e. The Kier molecular flexibility index (Phi) is 6.11. The van der Waals surface area contributed by atoms with E-state index < -0.39 is 35.1 Å². The van der Waals surface area contributed by atoms with E-state index in [2.05, 4.69) is 10.6 Å². The van der Waals surface area contributed by atoms with Crippen molar-refractivity contribution in [1.82, 2.24) is 5.32 Å². The molecule has 6 heteroatoms. The summed E-state index contributed by atoms with van der Waals surface area (Å²) in [5, 5.41) is 5.52. The summed E-state index contributed by atoms with van der Waals surface area (Å²) in [7, 11) is 0. The zero-order valence-electron chi connectivity index (χ0n) is 15.1. The van der Waals surface area contributed by atoms with Crippen LogP contribution in [0.4, 0.5) is 18.9 Å². The highest BCUT2D eigenvalue weighted by Gasteiger charge is 2.22. The Labute approximate surface area is 161 Å². The number of halogens is 3. The average molecular weight is 384 g/mol. The number of amides is 1. The van der Waals surface area contributed by atoms with Crippen LogP contribution in [-0.4, -0.2) is 11.9 Å². The Bertz CT molecular complexity index is 909. The fourth-order valence-electron chi connectivity index (χ4n) is 2.86. The molecular formula is C22H19F3N2O. The number of benzene rings is 3. The van der Waals surface area contributed by atoms with E-state index in [0.717, 1.165) is 23.3 Å². The van der Waals surface area contributed by atoms with Crippen LogP contribution in [0.3, 0.4) is 0 Å². The van der Waals surface area contributed by atoms with Crippen LogP contribution in [0.5, 0.6) is 0 Å². The summed E-state index contributed by atoms with van der Waals surface area (Å²) in [4.78, 5) is 12.5. The summed E-state index contributed by atoms with van der Waals surface area (Å²) in [6, 6.07) is 19.9. The smallest absolute Gasteiger partial charge is 0.241 e. The van der Waals surface area contributed by atoms with E-state index in [4.69, 9.17) is 0 Å². The van der Waals surface area contributed by atoms with Gasteiger partial charge in [-0.2, -0.15) is 0 Å². The Morgan fingerprint density at radius 1 is 0.786 bits per heavy atom. The Balaban J connectivity index is 1.79. The molecule has 0 fully saturated rings. The SMILES string of the molecule is C[C@H](NC(c1ccccc1)c1ccccc1)C(=O)Nc1ccc(F)c(F)c1F. The van der Waals surface area contributed by atoms with E-state index in [-0.39, 0.29) is 6.04 Å². The highest BCUT2D eigenvalue weighted by molar-refractivity contribution is 5.94. The lowest BCUT2D eigenvalue weighted by Gasteiger charge is -2.24. The summed E-state index contributed by atoms with van der Waals surface area (Å²) in [5.74, 6) is -4.93. The van der Waals surface area contributed by atoms with Crippen molar-refractivity contribution in [3.63, 3.8) is 0 Å². The van der Waals surface area contributed by atoms with Gasteiger partial charge >= 0.3 is 0 Å². The van der Waals surface area contributed by atoms with Gasteiger partial charge < -0.3 is 5.32 Å². The van der Waals surface area contributed by atoms with Gasteiger partial charge in [-0.05, 0) is 30.2 Å². The predicted octanol–water partition coefficient (Wildman–Crippen LogP) is 4.81. The first-order valence-electron chi connectivity index (χ1n) is 8.77. The van der Waals surface area contributed by atoms with Gasteiger partial charge in [-0.1, -0.05) is 60.7 Å². The van der Waals surface area contributed by atoms with E-state index >= 15 is 0 Å². The number of hydrogen-bond donors (Lipinski definition) is 2. The highest BCUT2D eigenvalue weighted by Crippen LogP contribution is 2.23. The molecule has 0 radical (unpaired) electrons. The van der Waals surface area contributed by atoms with Crippen molar-refractivity contribution in [2.75, 3.05) is 5.32 Å². The summed E-state index contributed by atoms with van der Waals surface area (Å²) >= 11 is 0. The summed E-state index contributed by atoms with van der Waals surface area (Å²) < 4.78 is 40.3. The van der Waals surface area contributed by atoms with Crippen LogP contribution in [0.1, 0.15) is 24.1 Å². The van der Waals surface area contributed by atoms with Crippen molar-refractivity contribution >= 4 is 11.6 Å². The van der Waals surface area contributed by atoms with E-state index in [1.807, 2.05) is 60.7 Å². The van der Waals surface area contributed by atoms with Gasteiger partial charge in [0.2, 0.25) is 5.91 Å². The lowest BCUT2D eigenvalue weighted by molar-refractivity contribution is -0.117. The molecule has 0 aliphatic heterocycles. The molecule has 0 aliphatic carbocycles. The molecule has 3 aromatic carbocycles. The van der Waals surface area contributed by atoms with Gasteiger partial charge in [0, 0.05) is 0 Å².